The maximum absolute atomic E-state index is 13.1. The van der Waals surface area contributed by atoms with E-state index in [1.807, 2.05) is 0 Å². The number of rotatable bonds is 83. The summed E-state index contributed by atoms with van der Waals surface area (Å²) < 4.78 is 68.9. The predicted octanol–water partition coefficient (Wildman–Crippen LogP) is 25.5. The monoisotopic (exact) mass is 1510 g/mol. The molecule has 6 atom stereocenters. The highest BCUT2D eigenvalue weighted by molar-refractivity contribution is 7.47. The van der Waals surface area contributed by atoms with E-state index in [2.05, 4.69) is 41.5 Å². The van der Waals surface area contributed by atoms with Crippen molar-refractivity contribution >= 4 is 39.5 Å². The number of carbonyl (C=O) groups excluding carboxylic acids is 4. The minimum Gasteiger partial charge on any atom is -0.462 e. The molecule has 0 aromatic heterocycles. The van der Waals surface area contributed by atoms with Gasteiger partial charge in [0.05, 0.1) is 26.4 Å². The number of phosphoric acid groups is 2. The zero-order valence-corrected chi connectivity index (χ0v) is 69.4. The molecule has 0 aromatic rings. The zero-order chi connectivity index (χ0) is 75.6. The minimum atomic E-state index is -4.96. The van der Waals surface area contributed by atoms with E-state index in [4.69, 9.17) is 37.0 Å². The second-order valence-corrected chi connectivity index (χ2v) is 33.8. The lowest BCUT2D eigenvalue weighted by molar-refractivity contribution is -0.161. The molecule has 0 saturated heterocycles. The molecular formula is C84H164O17P2. The van der Waals surface area contributed by atoms with E-state index >= 15 is 0 Å². The Hall–Kier alpha value is -1.94. The zero-order valence-electron chi connectivity index (χ0n) is 67.6. The molecule has 0 rings (SSSR count). The molecule has 0 fully saturated rings. The number of hydrogen-bond donors (Lipinski definition) is 3. The van der Waals surface area contributed by atoms with Crippen molar-refractivity contribution < 1.29 is 80.2 Å². The molecule has 17 nitrogen and oxygen atoms in total. The second kappa shape index (κ2) is 75.5. The quantitative estimate of drug-likeness (QED) is 0.0222. The van der Waals surface area contributed by atoms with Gasteiger partial charge in [0.15, 0.2) is 12.2 Å². The number of esters is 4. The number of ether oxygens (including phenoxy) is 4. The van der Waals surface area contributed by atoms with E-state index in [1.54, 1.807) is 0 Å². The van der Waals surface area contributed by atoms with Gasteiger partial charge in [-0.05, 0) is 37.5 Å². The Labute approximate surface area is 632 Å². The van der Waals surface area contributed by atoms with Crippen molar-refractivity contribution in [2.24, 2.45) is 11.8 Å². The molecule has 0 aliphatic carbocycles. The molecule has 0 aliphatic heterocycles. The van der Waals surface area contributed by atoms with Crippen LogP contribution in [0.1, 0.15) is 446 Å². The van der Waals surface area contributed by atoms with Gasteiger partial charge in [-0.15, -0.1) is 0 Å². The van der Waals surface area contributed by atoms with Crippen LogP contribution in [0.15, 0.2) is 0 Å². The fourth-order valence-corrected chi connectivity index (χ4v) is 14.6. The summed E-state index contributed by atoms with van der Waals surface area (Å²) >= 11 is 0. The van der Waals surface area contributed by atoms with Gasteiger partial charge in [-0.2, -0.15) is 0 Å². The number of hydrogen-bond acceptors (Lipinski definition) is 15. The van der Waals surface area contributed by atoms with Gasteiger partial charge in [0.2, 0.25) is 0 Å². The first-order valence-electron chi connectivity index (χ1n) is 43.5. The Morgan fingerprint density at radius 1 is 0.282 bits per heavy atom. The lowest BCUT2D eigenvalue weighted by Gasteiger charge is -2.21. The van der Waals surface area contributed by atoms with Crippen LogP contribution >= 0.6 is 15.6 Å². The number of unbranched alkanes of at least 4 members (excludes halogenated alkanes) is 52. The highest BCUT2D eigenvalue weighted by atomic mass is 31.2. The van der Waals surface area contributed by atoms with Crippen LogP contribution in [0.4, 0.5) is 0 Å². The van der Waals surface area contributed by atoms with Crippen molar-refractivity contribution in [2.75, 3.05) is 39.6 Å². The summed E-state index contributed by atoms with van der Waals surface area (Å²) in [6, 6.07) is 0. The number of aliphatic hydroxyl groups is 1. The maximum atomic E-state index is 13.1. The van der Waals surface area contributed by atoms with Gasteiger partial charge >= 0.3 is 39.5 Å². The second-order valence-electron chi connectivity index (χ2n) is 30.9. The molecule has 0 saturated carbocycles. The van der Waals surface area contributed by atoms with Gasteiger partial charge in [0.1, 0.15) is 19.3 Å². The molecule has 0 radical (unpaired) electrons. The summed E-state index contributed by atoms with van der Waals surface area (Å²) in [7, 11) is -9.93. The van der Waals surface area contributed by atoms with Crippen molar-refractivity contribution in [3.05, 3.63) is 0 Å². The first-order chi connectivity index (χ1) is 49.9. The predicted molar refractivity (Wildman–Crippen MR) is 423 cm³/mol. The third kappa shape index (κ3) is 76.6. The van der Waals surface area contributed by atoms with Gasteiger partial charge in [0, 0.05) is 25.7 Å². The van der Waals surface area contributed by atoms with Gasteiger partial charge in [-0.25, -0.2) is 9.13 Å². The molecule has 3 unspecified atom stereocenters. The summed E-state index contributed by atoms with van der Waals surface area (Å²) in [5.74, 6) is -0.526. The minimum absolute atomic E-state index is 0.108. The van der Waals surface area contributed by atoms with Crippen molar-refractivity contribution in [3.63, 3.8) is 0 Å². The molecule has 0 heterocycles. The first-order valence-corrected chi connectivity index (χ1v) is 46.5. The summed E-state index contributed by atoms with van der Waals surface area (Å²) in [6.07, 6.45) is 66.5. The lowest BCUT2D eigenvalue weighted by Crippen LogP contribution is -2.30. The van der Waals surface area contributed by atoms with Crippen molar-refractivity contribution in [2.45, 2.75) is 464 Å². The summed E-state index contributed by atoms with van der Waals surface area (Å²) in [5, 5.41) is 10.7. The van der Waals surface area contributed by atoms with E-state index in [9.17, 15) is 43.2 Å². The average molecular weight is 1510 g/mol. The van der Waals surface area contributed by atoms with Gasteiger partial charge < -0.3 is 33.8 Å². The smallest absolute Gasteiger partial charge is 0.462 e. The molecular weight excluding hydrogens is 1340 g/mol. The van der Waals surface area contributed by atoms with Crippen LogP contribution in [0.5, 0.6) is 0 Å². The van der Waals surface area contributed by atoms with Crippen LogP contribution in [0.25, 0.3) is 0 Å². The number of phosphoric ester groups is 2. The van der Waals surface area contributed by atoms with Crippen LogP contribution in [0.2, 0.25) is 0 Å². The van der Waals surface area contributed by atoms with Crippen molar-refractivity contribution in [1.29, 1.82) is 0 Å². The Bertz CT molecular complexity index is 1980. The molecule has 0 aromatic carbocycles. The Morgan fingerprint density at radius 3 is 0.738 bits per heavy atom. The molecule has 612 valence electrons. The normalized spacial score (nSPS) is 14.1. The highest BCUT2D eigenvalue weighted by Gasteiger charge is 2.30. The van der Waals surface area contributed by atoms with E-state index < -0.39 is 97.5 Å². The maximum Gasteiger partial charge on any atom is 0.472 e. The molecule has 0 amide bonds. The van der Waals surface area contributed by atoms with E-state index in [1.165, 1.54) is 263 Å². The van der Waals surface area contributed by atoms with Gasteiger partial charge in [-0.1, -0.05) is 395 Å². The molecule has 103 heavy (non-hydrogen) atoms. The Balaban J connectivity index is 5.26. The highest BCUT2D eigenvalue weighted by Crippen LogP contribution is 2.45. The van der Waals surface area contributed by atoms with Crippen LogP contribution < -0.4 is 0 Å². The average Bonchev–Trinajstić information content (AvgIpc) is 1.03. The third-order valence-electron chi connectivity index (χ3n) is 20.1. The Morgan fingerprint density at radius 2 is 0.495 bits per heavy atom. The standard InChI is InChI=1S/C84H164O17P2/c1-7-10-12-14-16-18-20-22-24-25-26-27-29-35-39-43-51-57-63-69-83(88)100-79(72-94-81(86)66-60-54-48-41-37-33-31-30-32-36-40-46-52-58-64-76(4)5)74-98-102(90,91)96-70-78(85)71-97-103(92,93)99-75-80(73-95-82(87)67-61-55-49-45-44-47-53-59-65-77(6)9-3)101-84(89)68-62-56-50-42-38-34-28-23-21-19-17-15-13-11-8-2/h76-80,85H,7-75H2,1-6H3,(H,90,91)(H,92,93)/t77?,78-,79-,80-/m1/s1. The molecule has 0 bridgehead atoms. The van der Waals surface area contributed by atoms with Gasteiger partial charge in [0.25, 0.3) is 0 Å². The summed E-state index contributed by atoms with van der Waals surface area (Å²) in [4.78, 5) is 73.2. The topological polar surface area (TPSA) is 237 Å². The van der Waals surface area contributed by atoms with Crippen LogP contribution in [-0.2, 0) is 65.4 Å². The molecule has 0 aliphatic rings. The first kappa shape index (κ1) is 101. The number of aliphatic hydroxyl groups excluding tert-OH is 1. The fourth-order valence-electron chi connectivity index (χ4n) is 13.0. The van der Waals surface area contributed by atoms with Gasteiger partial charge in [-0.3, -0.25) is 37.3 Å². The number of carbonyl (C=O) groups is 4. The van der Waals surface area contributed by atoms with Crippen molar-refractivity contribution in [1.82, 2.24) is 0 Å². The van der Waals surface area contributed by atoms with Crippen LogP contribution in [0, 0.1) is 11.8 Å². The summed E-state index contributed by atoms with van der Waals surface area (Å²) in [6.45, 7) is 9.69. The SMILES string of the molecule is CCCCCCCCCCCCCCCCCCCCCC(=O)O[C@H](COC(=O)CCCCCCCCCCCCCCCCC(C)C)COP(=O)(O)OC[C@@H](O)COP(=O)(O)OC[C@@H](COC(=O)CCCCCCCCCCC(C)CC)OC(=O)CCCCCCCCCCCCCCCCC. The molecule has 0 spiro atoms. The Kier molecular flexibility index (Phi) is 74.1. The largest absolute Gasteiger partial charge is 0.472 e. The van der Waals surface area contributed by atoms with Crippen LogP contribution in [-0.4, -0.2) is 96.7 Å². The van der Waals surface area contributed by atoms with E-state index in [0.29, 0.717) is 25.7 Å². The summed E-state index contributed by atoms with van der Waals surface area (Å²) in [5.41, 5.74) is 0. The van der Waals surface area contributed by atoms with E-state index in [-0.39, 0.29) is 25.7 Å². The molecule has 19 heteroatoms. The van der Waals surface area contributed by atoms with Crippen molar-refractivity contribution in [3.8, 4) is 0 Å². The third-order valence-corrected chi connectivity index (χ3v) is 22.0. The fraction of sp³-hybridized carbons (Fsp3) is 0.952. The van der Waals surface area contributed by atoms with E-state index in [0.717, 1.165) is 102 Å². The molecule has 3 N–H and O–H groups in total. The van der Waals surface area contributed by atoms with Crippen LogP contribution in [0.3, 0.4) is 0 Å². The lowest BCUT2D eigenvalue weighted by atomic mass is 9.99.